The molecular weight excluding hydrogens is 298 g/mol. The first-order chi connectivity index (χ1) is 8.81. The van der Waals surface area contributed by atoms with E-state index in [9.17, 15) is 0 Å². The third-order valence-corrected chi connectivity index (χ3v) is 3.32. The van der Waals surface area contributed by atoms with Gasteiger partial charge in [-0.2, -0.15) is 0 Å². The first kappa shape index (κ1) is 13.6. The van der Waals surface area contributed by atoms with Crippen LogP contribution in [0.3, 0.4) is 0 Å². The number of nitrogens with one attached hydrogen (secondary N) is 1. The van der Waals surface area contributed by atoms with Gasteiger partial charge in [0.15, 0.2) is 11.5 Å². The van der Waals surface area contributed by atoms with Gasteiger partial charge in [0.05, 0.1) is 11.1 Å². The van der Waals surface area contributed by atoms with Crippen LogP contribution in [0.25, 0.3) is 0 Å². The minimum atomic E-state index is 0.615. The Morgan fingerprint density at radius 1 is 1.28 bits per heavy atom. The maximum Gasteiger partial charge on any atom is 0.175 e. The van der Waals surface area contributed by atoms with Crippen LogP contribution in [0.2, 0.25) is 0 Å². The smallest absolute Gasteiger partial charge is 0.175 e. The van der Waals surface area contributed by atoms with E-state index in [2.05, 4.69) is 33.4 Å². The van der Waals surface area contributed by atoms with Crippen molar-refractivity contribution in [3.8, 4) is 11.5 Å². The molecule has 1 aliphatic heterocycles. The zero-order valence-corrected chi connectivity index (χ0v) is 12.1. The molecule has 18 heavy (non-hydrogen) atoms. The Kier molecular flexibility index (Phi) is 5.28. The molecule has 0 unspecified atom stereocenters. The molecule has 2 rings (SSSR count). The fourth-order valence-electron chi connectivity index (χ4n) is 1.84. The number of ether oxygens (including phenoxy) is 3. The van der Waals surface area contributed by atoms with Crippen molar-refractivity contribution in [2.75, 3.05) is 40.0 Å². The van der Waals surface area contributed by atoms with Crippen molar-refractivity contribution in [3.05, 3.63) is 22.2 Å². The first-order valence-corrected chi connectivity index (χ1v) is 6.88. The molecule has 1 aromatic carbocycles. The predicted octanol–water partition coefficient (Wildman–Crippen LogP) is 2.00. The summed E-state index contributed by atoms with van der Waals surface area (Å²) in [5.74, 6) is 1.65. The third-order valence-electron chi connectivity index (χ3n) is 2.73. The number of rotatable bonds is 6. The van der Waals surface area contributed by atoms with Crippen molar-refractivity contribution >= 4 is 15.9 Å². The average Bonchev–Trinajstić information content (AvgIpc) is 2.39. The summed E-state index contributed by atoms with van der Waals surface area (Å²) in [7, 11) is 1.71. The van der Waals surface area contributed by atoms with Crippen LogP contribution >= 0.6 is 15.9 Å². The Balaban J connectivity index is 1.91. The molecule has 0 fully saturated rings. The van der Waals surface area contributed by atoms with Gasteiger partial charge in [-0.05, 0) is 46.6 Å². The van der Waals surface area contributed by atoms with Gasteiger partial charge in [-0.15, -0.1) is 0 Å². The topological polar surface area (TPSA) is 39.7 Å². The molecule has 0 saturated carbocycles. The van der Waals surface area contributed by atoms with E-state index >= 15 is 0 Å². The van der Waals surface area contributed by atoms with Gasteiger partial charge < -0.3 is 19.5 Å². The van der Waals surface area contributed by atoms with Crippen LogP contribution in [-0.2, 0) is 11.2 Å². The lowest BCUT2D eigenvalue weighted by Crippen LogP contribution is -2.22. The minimum absolute atomic E-state index is 0.615. The van der Waals surface area contributed by atoms with E-state index in [1.54, 1.807) is 7.11 Å². The molecule has 1 aromatic rings. The van der Waals surface area contributed by atoms with Crippen molar-refractivity contribution in [2.45, 2.75) is 6.42 Å². The SMILES string of the molecule is COCCNCCc1cc(Br)c2c(c1)OCCO2. The summed E-state index contributed by atoms with van der Waals surface area (Å²) < 4.78 is 17.1. The number of halogens is 1. The lowest BCUT2D eigenvalue weighted by Gasteiger charge is -2.20. The molecule has 0 saturated heterocycles. The van der Waals surface area contributed by atoms with Crippen LogP contribution in [0, 0.1) is 0 Å². The highest BCUT2D eigenvalue weighted by molar-refractivity contribution is 9.10. The maximum atomic E-state index is 5.59. The molecule has 0 radical (unpaired) electrons. The van der Waals surface area contributed by atoms with Gasteiger partial charge in [0, 0.05) is 13.7 Å². The molecule has 4 nitrogen and oxygen atoms in total. The van der Waals surface area contributed by atoms with E-state index in [1.165, 1.54) is 5.56 Å². The zero-order valence-electron chi connectivity index (χ0n) is 10.5. The van der Waals surface area contributed by atoms with Crippen molar-refractivity contribution in [1.82, 2.24) is 5.32 Å². The van der Waals surface area contributed by atoms with E-state index in [1.807, 2.05) is 0 Å². The third kappa shape index (κ3) is 3.60. The predicted molar refractivity (Wildman–Crippen MR) is 73.6 cm³/mol. The summed E-state index contributed by atoms with van der Waals surface area (Å²) in [6, 6.07) is 4.14. The number of methoxy groups -OCH3 is 1. The molecule has 1 aliphatic rings. The normalized spacial score (nSPS) is 13.7. The van der Waals surface area contributed by atoms with E-state index in [4.69, 9.17) is 14.2 Å². The van der Waals surface area contributed by atoms with Crippen molar-refractivity contribution in [3.63, 3.8) is 0 Å². The van der Waals surface area contributed by atoms with Crippen LogP contribution in [0.1, 0.15) is 5.56 Å². The molecule has 100 valence electrons. The van der Waals surface area contributed by atoms with E-state index in [-0.39, 0.29) is 0 Å². The second kappa shape index (κ2) is 6.97. The summed E-state index contributed by atoms with van der Waals surface area (Å²) in [6.07, 6.45) is 0.957. The second-order valence-corrected chi connectivity index (χ2v) is 4.95. The average molecular weight is 316 g/mol. The number of hydrogen-bond donors (Lipinski definition) is 1. The van der Waals surface area contributed by atoms with E-state index < -0.39 is 0 Å². The van der Waals surface area contributed by atoms with Gasteiger partial charge in [-0.3, -0.25) is 0 Å². The first-order valence-electron chi connectivity index (χ1n) is 6.09. The van der Waals surface area contributed by atoms with Crippen LogP contribution < -0.4 is 14.8 Å². The van der Waals surface area contributed by atoms with Gasteiger partial charge in [0.1, 0.15) is 13.2 Å². The molecule has 0 amide bonds. The Morgan fingerprint density at radius 2 is 2.11 bits per heavy atom. The Morgan fingerprint density at radius 3 is 2.94 bits per heavy atom. The molecule has 1 heterocycles. The lowest BCUT2D eigenvalue weighted by atomic mass is 10.1. The number of benzene rings is 1. The monoisotopic (exact) mass is 315 g/mol. The molecule has 0 aromatic heterocycles. The Hall–Kier alpha value is -0.780. The van der Waals surface area contributed by atoms with E-state index in [0.717, 1.165) is 42.1 Å². The van der Waals surface area contributed by atoms with Gasteiger partial charge in [-0.1, -0.05) is 0 Å². The summed E-state index contributed by atoms with van der Waals surface area (Å²) in [4.78, 5) is 0. The quantitative estimate of drug-likeness (QED) is 0.815. The highest BCUT2D eigenvalue weighted by Crippen LogP contribution is 2.38. The van der Waals surface area contributed by atoms with Crippen molar-refractivity contribution < 1.29 is 14.2 Å². The van der Waals surface area contributed by atoms with Crippen LogP contribution in [0.4, 0.5) is 0 Å². The summed E-state index contributed by atoms with van der Waals surface area (Å²) in [6.45, 7) is 3.78. The molecule has 0 spiro atoms. The van der Waals surface area contributed by atoms with Crippen LogP contribution in [0.15, 0.2) is 16.6 Å². The zero-order chi connectivity index (χ0) is 12.8. The largest absolute Gasteiger partial charge is 0.486 e. The molecule has 1 N–H and O–H groups in total. The van der Waals surface area contributed by atoms with Gasteiger partial charge in [-0.25, -0.2) is 0 Å². The highest BCUT2D eigenvalue weighted by Gasteiger charge is 2.15. The standard InChI is InChI=1S/C13H18BrNO3/c1-16-5-4-15-3-2-10-8-11(14)13-12(9-10)17-6-7-18-13/h8-9,15H,2-7H2,1H3. The fourth-order valence-corrected chi connectivity index (χ4v) is 2.44. The van der Waals surface area contributed by atoms with Crippen molar-refractivity contribution in [2.24, 2.45) is 0 Å². The minimum Gasteiger partial charge on any atom is -0.486 e. The molecule has 5 heteroatoms. The summed E-state index contributed by atoms with van der Waals surface area (Å²) in [5.41, 5.74) is 1.23. The van der Waals surface area contributed by atoms with E-state index in [0.29, 0.717) is 13.2 Å². The van der Waals surface area contributed by atoms with Gasteiger partial charge in [0.25, 0.3) is 0 Å². The highest BCUT2D eigenvalue weighted by atomic mass is 79.9. The summed E-state index contributed by atoms with van der Waals surface area (Å²) >= 11 is 3.52. The van der Waals surface area contributed by atoms with Crippen molar-refractivity contribution in [1.29, 1.82) is 0 Å². The van der Waals surface area contributed by atoms with Gasteiger partial charge >= 0.3 is 0 Å². The molecule has 0 atom stereocenters. The molecule has 0 bridgehead atoms. The Labute approximate surface area is 116 Å². The molecular formula is C13H18BrNO3. The van der Waals surface area contributed by atoms with Crippen LogP contribution in [0.5, 0.6) is 11.5 Å². The molecule has 0 aliphatic carbocycles. The fraction of sp³-hybridized carbons (Fsp3) is 0.538. The summed E-state index contributed by atoms with van der Waals surface area (Å²) in [5, 5.41) is 3.32. The second-order valence-electron chi connectivity index (χ2n) is 4.09. The Bertz CT molecular complexity index is 398. The van der Waals surface area contributed by atoms with Gasteiger partial charge in [0.2, 0.25) is 0 Å². The maximum absolute atomic E-state index is 5.59. The number of hydrogen-bond acceptors (Lipinski definition) is 4. The lowest BCUT2D eigenvalue weighted by molar-refractivity contribution is 0.170. The number of fused-ring (bicyclic) bond motifs is 1. The van der Waals surface area contributed by atoms with Crippen LogP contribution in [-0.4, -0.2) is 40.0 Å².